The van der Waals surface area contributed by atoms with Gasteiger partial charge in [-0.25, -0.2) is 0 Å². The third-order valence-corrected chi connectivity index (χ3v) is 3.17. The van der Waals surface area contributed by atoms with E-state index in [9.17, 15) is 10.1 Å². The van der Waals surface area contributed by atoms with Crippen LogP contribution >= 0.6 is 0 Å². The summed E-state index contributed by atoms with van der Waals surface area (Å²) in [4.78, 5) is 10.2. The Kier molecular flexibility index (Phi) is 4.73. The summed E-state index contributed by atoms with van der Waals surface area (Å²) in [5.41, 5.74) is 9.30. The number of benzene rings is 2. The Labute approximate surface area is 122 Å². The molecule has 0 aliphatic rings. The Balaban J connectivity index is 2.02. The van der Waals surface area contributed by atoms with Crippen molar-refractivity contribution < 1.29 is 10.0 Å². The van der Waals surface area contributed by atoms with Gasteiger partial charge in [0, 0.05) is 36.7 Å². The standard InChI is InChI=1S/C15H17N3O3/c16-15-6-3-13(9-12(15)7-8-19)17-10-11-1-4-14(5-2-11)18(20)21/h1-6,9,17,19H,7-8,10,16H2. The van der Waals surface area contributed by atoms with Crippen LogP contribution in [-0.4, -0.2) is 16.6 Å². The average molecular weight is 287 g/mol. The number of anilines is 2. The Bertz CT molecular complexity index is 627. The van der Waals surface area contributed by atoms with Gasteiger partial charge in [0.15, 0.2) is 0 Å². The number of nitro groups is 1. The molecule has 0 heterocycles. The first kappa shape index (κ1) is 14.8. The number of aliphatic hydroxyl groups is 1. The van der Waals surface area contributed by atoms with Crippen LogP contribution in [0.2, 0.25) is 0 Å². The minimum atomic E-state index is -0.418. The molecular formula is C15H17N3O3. The van der Waals surface area contributed by atoms with Crippen molar-refractivity contribution >= 4 is 17.1 Å². The van der Waals surface area contributed by atoms with Gasteiger partial charge in [-0.1, -0.05) is 12.1 Å². The van der Waals surface area contributed by atoms with Gasteiger partial charge in [-0.3, -0.25) is 10.1 Å². The third-order valence-electron chi connectivity index (χ3n) is 3.17. The van der Waals surface area contributed by atoms with Gasteiger partial charge in [-0.2, -0.15) is 0 Å². The summed E-state index contributed by atoms with van der Waals surface area (Å²) >= 11 is 0. The second-order valence-corrected chi connectivity index (χ2v) is 4.66. The van der Waals surface area contributed by atoms with Crippen LogP contribution in [-0.2, 0) is 13.0 Å². The highest BCUT2D eigenvalue weighted by atomic mass is 16.6. The fourth-order valence-electron chi connectivity index (χ4n) is 1.99. The monoisotopic (exact) mass is 287 g/mol. The van der Waals surface area contributed by atoms with Crippen LogP contribution in [0.1, 0.15) is 11.1 Å². The highest BCUT2D eigenvalue weighted by Crippen LogP contribution is 2.19. The van der Waals surface area contributed by atoms with Crippen molar-refractivity contribution in [3.8, 4) is 0 Å². The van der Waals surface area contributed by atoms with Crippen molar-refractivity contribution in [2.75, 3.05) is 17.7 Å². The van der Waals surface area contributed by atoms with Crippen LogP contribution in [0.25, 0.3) is 0 Å². The molecule has 6 heteroatoms. The van der Waals surface area contributed by atoms with Crippen molar-refractivity contribution in [1.82, 2.24) is 0 Å². The summed E-state index contributed by atoms with van der Waals surface area (Å²) in [7, 11) is 0. The van der Waals surface area contributed by atoms with Crippen LogP contribution in [0.3, 0.4) is 0 Å². The molecule has 0 amide bonds. The molecule has 110 valence electrons. The van der Waals surface area contributed by atoms with E-state index in [2.05, 4.69) is 5.32 Å². The molecule has 21 heavy (non-hydrogen) atoms. The van der Waals surface area contributed by atoms with E-state index in [0.29, 0.717) is 18.7 Å². The fourth-order valence-corrected chi connectivity index (χ4v) is 1.99. The molecule has 0 saturated carbocycles. The molecule has 0 saturated heterocycles. The highest BCUT2D eigenvalue weighted by molar-refractivity contribution is 5.57. The number of aliphatic hydroxyl groups excluding tert-OH is 1. The number of nitrogens with two attached hydrogens (primary N) is 1. The molecule has 0 aromatic heterocycles. The van der Waals surface area contributed by atoms with E-state index >= 15 is 0 Å². The largest absolute Gasteiger partial charge is 0.399 e. The van der Waals surface area contributed by atoms with Gasteiger partial charge in [0.2, 0.25) is 0 Å². The number of hydrogen-bond donors (Lipinski definition) is 3. The number of nitrogens with zero attached hydrogens (tertiary/aromatic N) is 1. The van der Waals surface area contributed by atoms with E-state index in [1.165, 1.54) is 12.1 Å². The first-order valence-electron chi connectivity index (χ1n) is 6.56. The molecule has 0 fully saturated rings. The maximum Gasteiger partial charge on any atom is 0.269 e. The first-order valence-corrected chi connectivity index (χ1v) is 6.56. The van der Waals surface area contributed by atoms with Gasteiger partial charge >= 0.3 is 0 Å². The van der Waals surface area contributed by atoms with Gasteiger partial charge in [0.1, 0.15) is 0 Å². The summed E-state index contributed by atoms with van der Waals surface area (Å²) in [6, 6.07) is 12.0. The molecular weight excluding hydrogens is 270 g/mol. The summed E-state index contributed by atoms with van der Waals surface area (Å²) in [6.07, 6.45) is 0.513. The van der Waals surface area contributed by atoms with Crippen LogP contribution in [0.15, 0.2) is 42.5 Å². The minimum absolute atomic E-state index is 0.0516. The lowest BCUT2D eigenvalue weighted by molar-refractivity contribution is -0.384. The smallest absolute Gasteiger partial charge is 0.269 e. The van der Waals surface area contributed by atoms with E-state index in [1.54, 1.807) is 18.2 Å². The van der Waals surface area contributed by atoms with Gasteiger partial charge in [0.05, 0.1) is 4.92 Å². The average Bonchev–Trinajstić information content (AvgIpc) is 2.48. The molecule has 0 radical (unpaired) electrons. The summed E-state index contributed by atoms with van der Waals surface area (Å²) in [5, 5.41) is 22.8. The molecule has 0 bridgehead atoms. The van der Waals surface area contributed by atoms with E-state index in [4.69, 9.17) is 10.8 Å². The minimum Gasteiger partial charge on any atom is -0.399 e. The molecule has 0 aliphatic carbocycles. The Morgan fingerprint density at radius 2 is 1.90 bits per heavy atom. The number of hydrogen-bond acceptors (Lipinski definition) is 5. The summed E-state index contributed by atoms with van der Waals surface area (Å²) in [5.74, 6) is 0. The molecule has 2 aromatic rings. The summed E-state index contributed by atoms with van der Waals surface area (Å²) in [6.45, 7) is 0.608. The number of nitrogens with one attached hydrogen (secondary N) is 1. The Morgan fingerprint density at radius 1 is 1.19 bits per heavy atom. The SMILES string of the molecule is Nc1ccc(NCc2ccc([N+](=O)[O-])cc2)cc1CCO. The van der Waals surface area contributed by atoms with Crippen LogP contribution < -0.4 is 11.1 Å². The molecule has 0 unspecified atom stereocenters. The molecule has 0 atom stereocenters. The van der Waals surface area contributed by atoms with Crippen molar-refractivity contribution in [3.63, 3.8) is 0 Å². The number of nitrogen functional groups attached to an aromatic ring is 1. The van der Waals surface area contributed by atoms with Crippen LogP contribution in [0, 0.1) is 10.1 Å². The van der Waals surface area contributed by atoms with E-state index in [1.807, 2.05) is 12.1 Å². The lowest BCUT2D eigenvalue weighted by atomic mass is 10.1. The zero-order valence-electron chi connectivity index (χ0n) is 11.5. The molecule has 6 nitrogen and oxygen atoms in total. The summed E-state index contributed by atoms with van der Waals surface area (Å²) < 4.78 is 0. The van der Waals surface area contributed by atoms with Gasteiger partial charge in [-0.15, -0.1) is 0 Å². The first-order chi connectivity index (χ1) is 10.1. The van der Waals surface area contributed by atoms with Crippen molar-refractivity contribution in [2.45, 2.75) is 13.0 Å². The Hall–Kier alpha value is -2.60. The number of rotatable bonds is 6. The van der Waals surface area contributed by atoms with Crippen molar-refractivity contribution in [3.05, 3.63) is 63.7 Å². The molecule has 2 aromatic carbocycles. The van der Waals surface area contributed by atoms with E-state index < -0.39 is 4.92 Å². The van der Waals surface area contributed by atoms with Gasteiger partial charge in [-0.05, 0) is 35.7 Å². The zero-order valence-corrected chi connectivity index (χ0v) is 11.5. The number of nitro benzene ring substituents is 1. The highest BCUT2D eigenvalue weighted by Gasteiger charge is 2.04. The Morgan fingerprint density at radius 3 is 2.52 bits per heavy atom. The van der Waals surface area contributed by atoms with Crippen LogP contribution in [0.5, 0.6) is 0 Å². The zero-order chi connectivity index (χ0) is 15.2. The van der Waals surface area contributed by atoms with Crippen molar-refractivity contribution in [1.29, 1.82) is 0 Å². The lowest BCUT2D eigenvalue weighted by Gasteiger charge is -2.10. The van der Waals surface area contributed by atoms with E-state index in [0.717, 1.165) is 16.8 Å². The quantitative estimate of drug-likeness (QED) is 0.430. The molecule has 4 N–H and O–H groups in total. The van der Waals surface area contributed by atoms with Crippen LogP contribution in [0.4, 0.5) is 17.1 Å². The van der Waals surface area contributed by atoms with Crippen molar-refractivity contribution in [2.24, 2.45) is 0 Å². The maximum absolute atomic E-state index is 10.6. The van der Waals surface area contributed by atoms with Gasteiger partial charge < -0.3 is 16.2 Å². The fraction of sp³-hybridized carbons (Fsp3) is 0.200. The van der Waals surface area contributed by atoms with Gasteiger partial charge in [0.25, 0.3) is 5.69 Å². The lowest BCUT2D eigenvalue weighted by Crippen LogP contribution is -2.03. The normalized spacial score (nSPS) is 10.3. The number of non-ortho nitro benzene ring substituents is 1. The molecule has 2 rings (SSSR count). The second kappa shape index (κ2) is 6.71. The van der Waals surface area contributed by atoms with E-state index in [-0.39, 0.29) is 12.3 Å². The topological polar surface area (TPSA) is 101 Å². The maximum atomic E-state index is 10.6. The third kappa shape index (κ3) is 3.93. The predicted molar refractivity (Wildman–Crippen MR) is 82.1 cm³/mol. The molecule has 0 aliphatic heterocycles. The second-order valence-electron chi connectivity index (χ2n) is 4.66. The molecule has 0 spiro atoms. The predicted octanol–water partition coefficient (Wildman–Crippen LogP) is 2.32.